The van der Waals surface area contributed by atoms with Gasteiger partial charge in [0.25, 0.3) is 0 Å². The van der Waals surface area contributed by atoms with Crippen molar-refractivity contribution < 1.29 is 4.79 Å². The highest BCUT2D eigenvalue weighted by Crippen LogP contribution is 2.35. The van der Waals surface area contributed by atoms with Crippen molar-refractivity contribution in [2.75, 3.05) is 27.2 Å². The quantitative estimate of drug-likeness (QED) is 0.294. The molecule has 0 spiro atoms. The molecule has 0 bridgehead atoms. The Balaban J connectivity index is 1.32. The molecule has 0 aliphatic heterocycles. The van der Waals surface area contributed by atoms with E-state index in [2.05, 4.69) is 88.4 Å². The van der Waals surface area contributed by atoms with Crippen LogP contribution in [-0.4, -0.2) is 63.9 Å². The highest BCUT2D eigenvalue weighted by atomic mass is 16.2. The summed E-state index contributed by atoms with van der Waals surface area (Å²) in [6.07, 6.45) is 19.0. The number of likely N-dealkylation sites (N-methyl/N-ethyl adjacent to an activating group) is 1. The number of hydrogen-bond donors (Lipinski definition) is 4. The van der Waals surface area contributed by atoms with Gasteiger partial charge in [-0.15, -0.1) is 0 Å². The number of aromatic nitrogens is 4. The van der Waals surface area contributed by atoms with Crippen molar-refractivity contribution in [1.29, 1.82) is 0 Å². The Morgan fingerprint density at radius 2 is 2.10 bits per heavy atom. The van der Waals surface area contributed by atoms with Gasteiger partial charge in [-0.2, -0.15) is 5.10 Å². The fourth-order valence-corrected chi connectivity index (χ4v) is 4.88. The van der Waals surface area contributed by atoms with Crippen LogP contribution in [0, 0.1) is 0 Å². The Hall–Kier alpha value is -3.95. The first-order chi connectivity index (χ1) is 19.0. The third-order valence-electron chi connectivity index (χ3n) is 6.96. The monoisotopic (exact) mass is 526 g/mol. The first-order valence-corrected chi connectivity index (χ1v) is 13.7. The molecule has 204 valence electrons. The highest BCUT2D eigenvalue weighted by Gasteiger charge is 2.20. The lowest BCUT2D eigenvalue weighted by atomic mass is 9.95. The second-order valence-electron chi connectivity index (χ2n) is 10.2. The Bertz CT molecular complexity index is 1440. The zero-order chi connectivity index (χ0) is 27.2. The van der Waals surface area contributed by atoms with Crippen LogP contribution in [0.15, 0.2) is 66.7 Å². The third kappa shape index (κ3) is 6.55. The van der Waals surface area contributed by atoms with Gasteiger partial charge < -0.3 is 25.8 Å². The van der Waals surface area contributed by atoms with Crippen molar-refractivity contribution in [1.82, 2.24) is 40.6 Å². The van der Waals surface area contributed by atoms with E-state index in [-0.39, 0.29) is 12.1 Å². The molecule has 5 rings (SSSR count). The van der Waals surface area contributed by atoms with Gasteiger partial charge in [0.15, 0.2) is 0 Å². The SMILES string of the molecule is CCn1cc(-c2ccnc3[nH]c(CNCCN(C)C)cc23)c(C2=CCC(NC(=O)NC3=CCCC=C3)C=C2)n1. The summed E-state index contributed by atoms with van der Waals surface area (Å²) in [5.41, 5.74) is 7.01. The molecule has 2 aliphatic carbocycles. The van der Waals surface area contributed by atoms with Crippen molar-refractivity contribution in [3.05, 3.63) is 78.1 Å². The van der Waals surface area contributed by atoms with Crippen LogP contribution in [0.5, 0.6) is 0 Å². The topological polar surface area (TPSA) is 103 Å². The van der Waals surface area contributed by atoms with Crippen molar-refractivity contribution in [3.8, 4) is 11.1 Å². The lowest BCUT2D eigenvalue weighted by molar-refractivity contribution is 0.241. The van der Waals surface area contributed by atoms with Crippen molar-refractivity contribution in [2.45, 2.75) is 45.3 Å². The van der Waals surface area contributed by atoms with E-state index in [9.17, 15) is 4.79 Å². The molecule has 3 heterocycles. The maximum Gasteiger partial charge on any atom is 0.319 e. The first kappa shape index (κ1) is 26.6. The van der Waals surface area contributed by atoms with Crippen LogP contribution in [0.25, 0.3) is 27.7 Å². The number of hydrogen-bond acceptors (Lipinski definition) is 5. The number of pyridine rings is 1. The first-order valence-electron chi connectivity index (χ1n) is 13.7. The molecule has 1 atom stereocenters. The molecule has 39 heavy (non-hydrogen) atoms. The minimum atomic E-state index is -0.186. The maximum atomic E-state index is 12.5. The summed E-state index contributed by atoms with van der Waals surface area (Å²) < 4.78 is 1.98. The van der Waals surface area contributed by atoms with Crippen LogP contribution in [0.3, 0.4) is 0 Å². The number of H-pyrrole nitrogens is 1. The Morgan fingerprint density at radius 1 is 1.21 bits per heavy atom. The molecule has 2 aliphatic rings. The number of carbonyl (C=O) groups excluding carboxylic acids is 1. The van der Waals surface area contributed by atoms with E-state index >= 15 is 0 Å². The van der Waals surface area contributed by atoms with Crippen LogP contribution in [0.1, 0.15) is 37.6 Å². The minimum absolute atomic E-state index is 0.0708. The molecule has 0 aromatic carbocycles. The molecule has 0 fully saturated rings. The molecule has 3 aromatic rings. The third-order valence-corrected chi connectivity index (χ3v) is 6.96. The van der Waals surface area contributed by atoms with Gasteiger partial charge in [0.1, 0.15) is 5.65 Å². The summed E-state index contributed by atoms with van der Waals surface area (Å²) >= 11 is 0. The number of allylic oxidation sites excluding steroid dienone is 5. The summed E-state index contributed by atoms with van der Waals surface area (Å²) in [5.74, 6) is 0. The number of amides is 2. The number of nitrogens with one attached hydrogen (secondary N) is 4. The normalized spacial score (nSPS) is 17.0. The van der Waals surface area contributed by atoms with E-state index < -0.39 is 0 Å². The number of rotatable bonds is 10. The van der Waals surface area contributed by atoms with E-state index in [1.54, 1.807) is 0 Å². The smallest absolute Gasteiger partial charge is 0.319 e. The number of aromatic amines is 1. The summed E-state index contributed by atoms with van der Waals surface area (Å²) in [6.45, 7) is 5.54. The fraction of sp³-hybridized carbons (Fsp3) is 0.367. The van der Waals surface area contributed by atoms with E-state index in [4.69, 9.17) is 5.10 Å². The van der Waals surface area contributed by atoms with Crippen LogP contribution >= 0.6 is 0 Å². The average molecular weight is 527 g/mol. The van der Waals surface area contributed by atoms with E-state index in [0.29, 0.717) is 6.42 Å². The van der Waals surface area contributed by atoms with Crippen LogP contribution in [0.4, 0.5) is 4.79 Å². The molecule has 0 saturated carbocycles. The zero-order valence-corrected chi connectivity index (χ0v) is 23.0. The highest BCUT2D eigenvalue weighted by molar-refractivity contribution is 5.97. The van der Waals surface area contributed by atoms with Gasteiger partial charge in [-0.1, -0.05) is 30.4 Å². The summed E-state index contributed by atoms with van der Waals surface area (Å²) in [5, 5.41) is 15.5. The molecular weight excluding hydrogens is 488 g/mol. The molecule has 2 amide bonds. The van der Waals surface area contributed by atoms with Crippen molar-refractivity contribution in [3.63, 3.8) is 0 Å². The van der Waals surface area contributed by atoms with Gasteiger partial charge in [-0.25, -0.2) is 9.78 Å². The van der Waals surface area contributed by atoms with E-state index in [0.717, 1.165) is 83.8 Å². The number of nitrogens with zero attached hydrogens (tertiary/aromatic N) is 4. The molecule has 4 N–H and O–H groups in total. The molecule has 9 nitrogen and oxygen atoms in total. The van der Waals surface area contributed by atoms with Gasteiger partial charge in [0.05, 0.1) is 11.7 Å². The standard InChI is InChI=1S/C30H38N8O/c1-4-38-20-27(25-14-15-32-29-26(25)18-24(33-29)19-31-16-17-37(2)3)28(36-38)21-10-12-23(13-11-21)35-30(39)34-22-8-6-5-7-9-22/h6,8-12,14-15,18,20,23,31H,4-5,7,13,16-17,19H2,1-3H3,(H,32,33)(H2,34,35,39). The fourth-order valence-electron chi connectivity index (χ4n) is 4.88. The average Bonchev–Trinajstić information content (AvgIpc) is 3.56. The second-order valence-corrected chi connectivity index (χ2v) is 10.2. The van der Waals surface area contributed by atoms with Crippen LogP contribution in [0.2, 0.25) is 0 Å². The number of fused-ring (bicyclic) bond motifs is 1. The van der Waals surface area contributed by atoms with Crippen LogP contribution < -0.4 is 16.0 Å². The molecule has 9 heteroatoms. The predicted molar refractivity (Wildman–Crippen MR) is 157 cm³/mol. The van der Waals surface area contributed by atoms with Gasteiger partial charge in [-0.05, 0) is 69.6 Å². The van der Waals surface area contributed by atoms with Crippen molar-refractivity contribution >= 4 is 22.6 Å². The molecule has 1 unspecified atom stereocenters. The van der Waals surface area contributed by atoms with Gasteiger partial charge in [0, 0.05) is 60.9 Å². The summed E-state index contributed by atoms with van der Waals surface area (Å²) in [7, 11) is 4.15. The lowest BCUT2D eigenvalue weighted by Crippen LogP contribution is -2.41. The Kier molecular flexibility index (Phi) is 8.39. The number of carbonyl (C=O) groups is 1. The largest absolute Gasteiger partial charge is 0.342 e. The van der Waals surface area contributed by atoms with Crippen molar-refractivity contribution in [2.24, 2.45) is 0 Å². The summed E-state index contributed by atoms with van der Waals surface area (Å²) in [4.78, 5) is 22.7. The summed E-state index contributed by atoms with van der Waals surface area (Å²) in [6, 6.07) is 4.00. The van der Waals surface area contributed by atoms with Gasteiger partial charge in [-0.3, -0.25) is 4.68 Å². The maximum absolute atomic E-state index is 12.5. The number of urea groups is 1. The van der Waals surface area contributed by atoms with Gasteiger partial charge in [0.2, 0.25) is 0 Å². The molecule has 0 saturated heterocycles. The number of aryl methyl sites for hydroxylation is 1. The van der Waals surface area contributed by atoms with E-state index in [1.165, 1.54) is 0 Å². The Morgan fingerprint density at radius 3 is 2.85 bits per heavy atom. The van der Waals surface area contributed by atoms with Gasteiger partial charge >= 0.3 is 6.03 Å². The Labute approximate surface area is 229 Å². The minimum Gasteiger partial charge on any atom is -0.342 e. The van der Waals surface area contributed by atoms with E-state index in [1.807, 2.05) is 29.1 Å². The molecule has 0 radical (unpaired) electrons. The molecule has 3 aromatic heterocycles. The molecular formula is C30H38N8O. The predicted octanol–water partition coefficient (Wildman–Crippen LogP) is 4.34. The second kappa shape index (κ2) is 12.3. The van der Waals surface area contributed by atoms with Crippen LogP contribution in [-0.2, 0) is 13.1 Å². The lowest BCUT2D eigenvalue weighted by Gasteiger charge is -2.19. The zero-order valence-electron chi connectivity index (χ0n) is 23.0.